The lowest BCUT2D eigenvalue weighted by atomic mass is 9.91. The number of ether oxygens (including phenoxy) is 1. The number of aryl methyl sites for hydroxylation is 2. The van der Waals surface area contributed by atoms with Crippen molar-refractivity contribution >= 4 is 17.9 Å². The molecule has 0 heterocycles. The Hall–Kier alpha value is -2.61. The zero-order chi connectivity index (χ0) is 28.3. The van der Waals surface area contributed by atoms with Crippen LogP contribution >= 0.6 is 0 Å². The van der Waals surface area contributed by atoms with Crippen molar-refractivity contribution in [2.24, 2.45) is 0 Å². The molecule has 1 aliphatic carbocycles. The number of aliphatic hydroxyl groups is 1. The van der Waals surface area contributed by atoms with Crippen molar-refractivity contribution in [2.75, 3.05) is 13.2 Å². The number of nitrogens with one attached hydrogen (secondary N) is 2. The van der Waals surface area contributed by atoms with Gasteiger partial charge in [-0.2, -0.15) is 0 Å². The second-order valence-corrected chi connectivity index (χ2v) is 11.5. The fourth-order valence-corrected chi connectivity index (χ4v) is 5.13. The molecule has 2 atom stereocenters. The third kappa shape index (κ3) is 9.61. The number of hydrogen-bond acceptors (Lipinski definition) is 5. The molecule has 0 saturated heterocycles. The van der Waals surface area contributed by atoms with Crippen LogP contribution in [0.3, 0.4) is 0 Å². The van der Waals surface area contributed by atoms with Crippen molar-refractivity contribution in [3.8, 4) is 0 Å². The lowest BCUT2D eigenvalue weighted by Crippen LogP contribution is -2.55. The highest BCUT2D eigenvalue weighted by atomic mass is 16.6. The van der Waals surface area contributed by atoms with E-state index < -0.39 is 36.3 Å². The molecule has 0 radical (unpaired) electrons. The number of benzene rings is 1. The number of rotatable bonds is 12. The predicted octanol–water partition coefficient (Wildman–Crippen LogP) is 5.09. The summed E-state index contributed by atoms with van der Waals surface area (Å²) in [6.07, 6.45) is 8.06. The summed E-state index contributed by atoms with van der Waals surface area (Å²) in [6, 6.07) is 3.82. The number of hydrogen-bond donors (Lipinski definition) is 3. The van der Waals surface area contributed by atoms with E-state index in [-0.39, 0.29) is 11.9 Å². The normalized spacial score (nSPS) is 15.9. The molecule has 0 aromatic heterocycles. The Labute approximate surface area is 228 Å². The summed E-state index contributed by atoms with van der Waals surface area (Å²) in [5.74, 6) is -0.714. The second-order valence-electron chi connectivity index (χ2n) is 11.5. The van der Waals surface area contributed by atoms with E-state index in [1.54, 1.807) is 25.7 Å². The highest BCUT2D eigenvalue weighted by Gasteiger charge is 2.38. The maximum absolute atomic E-state index is 14.0. The molecule has 3 N–H and O–H groups in total. The minimum Gasteiger partial charge on any atom is -0.444 e. The van der Waals surface area contributed by atoms with Crippen molar-refractivity contribution in [1.29, 1.82) is 0 Å². The first-order valence-electron chi connectivity index (χ1n) is 14.3. The molecule has 1 aliphatic rings. The monoisotopic (exact) mass is 531 g/mol. The molecule has 214 valence electrons. The van der Waals surface area contributed by atoms with Crippen molar-refractivity contribution in [3.63, 3.8) is 0 Å². The molecular formula is C30H49N3O5. The number of carbonyl (C=O) groups excluding carboxylic acids is 3. The summed E-state index contributed by atoms with van der Waals surface area (Å²) in [7, 11) is 0. The van der Waals surface area contributed by atoms with Crippen LogP contribution < -0.4 is 10.6 Å². The van der Waals surface area contributed by atoms with Gasteiger partial charge in [0.1, 0.15) is 17.7 Å². The molecule has 8 heteroatoms. The summed E-state index contributed by atoms with van der Waals surface area (Å²) >= 11 is 0. The van der Waals surface area contributed by atoms with Gasteiger partial charge in [-0.3, -0.25) is 9.59 Å². The van der Waals surface area contributed by atoms with Crippen LogP contribution in [0.15, 0.2) is 18.2 Å². The Morgan fingerprint density at radius 2 is 1.68 bits per heavy atom. The highest BCUT2D eigenvalue weighted by molar-refractivity contribution is 5.92. The van der Waals surface area contributed by atoms with Crippen LogP contribution in [0, 0.1) is 13.8 Å². The van der Waals surface area contributed by atoms with Crippen LogP contribution in [0.25, 0.3) is 0 Å². The Bertz CT molecular complexity index is 901. The van der Waals surface area contributed by atoms with Gasteiger partial charge in [0.25, 0.3) is 0 Å². The van der Waals surface area contributed by atoms with Gasteiger partial charge in [0.05, 0.1) is 6.61 Å². The van der Waals surface area contributed by atoms with E-state index in [1.165, 1.54) is 6.42 Å². The van der Waals surface area contributed by atoms with Gasteiger partial charge in [0, 0.05) is 12.6 Å². The Balaban J connectivity index is 2.46. The average molecular weight is 532 g/mol. The van der Waals surface area contributed by atoms with Crippen LogP contribution in [-0.2, 0) is 14.3 Å². The van der Waals surface area contributed by atoms with E-state index >= 15 is 0 Å². The number of unbranched alkanes of at least 4 members (excludes halogenated alkanes) is 3. The van der Waals surface area contributed by atoms with Crippen LogP contribution in [0.5, 0.6) is 0 Å². The second kappa shape index (κ2) is 15.1. The van der Waals surface area contributed by atoms with Crippen molar-refractivity contribution in [1.82, 2.24) is 15.5 Å². The maximum Gasteiger partial charge on any atom is 0.408 e. The Kier molecular flexibility index (Phi) is 12.6. The molecule has 2 unspecified atom stereocenters. The van der Waals surface area contributed by atoms with Gasteiger partial charge in [-0.05, 0) is 70.6 Å². The lowest BCUT2D eigenvalue weighted by molar-refractivity contribution is -0.143. The largest absolute Gasteiger partial charge is 0.444 e. The minimum atomic E-state index is -1.23. The Morgan fingerprint density at radius 1 is 1.05 bits per heavy atom. The van der Waals surface area contributed by atoms with E-state index in [2.05, 4.69) is 17.6 Å². The zero-order valence-electron chi connectivity index (χ0n) is 24.3. The van der Waals surface area contributed by atoms with Gasteiger partial charge in [-0.1, -0.05) is 63.6 Å². The van der Waals surface area contributed by atoms with Crippen molar-refractivity contribution < 1.29 is 24.2 Å². The molecule has 8 nitrogen and oxygen atoms in total. The third-order valence-electron chi connectivity index (χ3n) is 7.03. The number of carbonyl (C=O) groups is 3. The number of nitrogens with zero attached hydrogens (tertiary/aromatic N) is 1. The molecule has 38 heavy (non-hydrogen) atoms. The fraction of sp³-hybridized carbons (Fsp3) is 0.700. The van der Waals surface area contributed by atoms with Crippen molar-refractivity contribution in [3.05, 3.63) is 34.9 Å². The van der Waals surface area contributed by atoms with E-state index in [9.17, 15) is 19.5 Å². The van der Waals surface area contributed by atoms with Crippen LogP contribution in [-0.4, -0.2) is 58.8 Å². The SMILES string of the molecule is CCCCCCN(C(=O)C(CO)NC(=O)OC(C)(C)C)C(C(=O)NC1CCCCC1)c1c(C)cccc1C. The minimum absolute atomic E-state index is 0.0774. The first-order valence-corrected chi connectivity index (χ1v) is 14.3. The third-order valence-corrected chi connectivity index (χ3v) is 7.03. The maximum atomic E-state index is 14.0. The molecule has 0 bridgehead atoms. The summed E-state index contributed by atoms with van der Waals surface area (Å²) < 4.78 is 5.33. The van der Waals surface area contributed by atoms with Gasteiger partial charge in [0.15, 0.2) is 0 Å². The molecule has 1 saturated carbocycles. The summed E-state index contributed by atoms with van der Waals surface area (Å²) in [5, 5.41) is 15.9. The smallest absolute Gasteiger partial charge is 0.408 e. The molecular weight excluding hydrogens is 482 g/mol. The Morgan fingerprint density at radius 3 is 2.24 bits per heavy atom. The van der Waals surface area contributed by atoms with E-state index in [1.807, 2.05) is 32.0 Å². The quantitative estimate of drug-likeness (QED) is 0.326. The lowest BCUT2D eigenvalue weighted by Gasteiger charge is -2.36. The van der Waals surface area contributed by atoms with Gasteiger partial charge in [-0.25, -0.2) is 4.79 Å². The van der Waals surface area contributed by atoms with E-state index in [0.717, 1.165) is 61.6 Å². The summed E-state index contributed by atoms with van der Waals surface area (Å²) in [6.45, 7) is 10.9. The first-order chi connectivity index (χ1) is 18.0. The summed E-state index contributed by atoms with van der Waals surface area (Å²) in [5.41, 5.74) is 1.87. The van der Waals surface area contributed by atoms with E-state index in [4.69, 9.17) is 4.74 Å². The van der Waals surface area contributed by atoms with Gasteiger partial charge in [-0.15, -0.1) is 0 Å². The molecule has 1 aromatic rings. The molecule has 1 fully saturated rings. The topological polar surface area (TPSA) is 108 Å². The molecule has 3 amide bonds. The number of alkyl carbamates (subject to hydrolysis) is 1. The van der Waals surface area contributed by atoms with Gasteiger partial charge in [0.2, 0.25) is 11.8 Å². The van der Waals surface area contributed by atoms with Crippen LogP contribution in [0.2, 0.25) is 0 Å². The predicted molar refractivity (Wildman–Crippen MR) is 150 cm³/mol. The number of amides is 3. The molecule has 0 aliphatic heterocycles. The van der Waals surface area contributed by atoms with Crippen LogP contribution in [0.1, 0.15) is 108 Å². The van der Waals surface area contributed by atoms with Gasteiger partial charge >= 0.3 is 6.09 Å². The van der Waals surface area contributed by atoms with Gasteiger partial charge < -0.3 is 25.4 Å². The fourth-order valence-electron chi connectivity index (χ4n) is 5.13. The van der Waals surface area contributed by atoms with E-state index in [0.29, 0.717) is 13.0 Å². The van der Waals surface area contributed by atoms with Crippen LogP contribution in [0.4, 0.5) is 4.79 Å². The highest BCUT2D eigenvalue weighted by Crippen LogP contribution is 2.30. The number of aliphatic hydroxyl groups excluding tert-OH is 1. The zero-order valence-corrected chi connectivity index (χ0v) is 24.3. The molecule has 2 rings (SSSR count). The first kappa shape index (κ1) is 31.6. The standard InChI is InChI=1S/C30H49N3O5/c1-7-8-9-13-19-33(28(36)24(20-34)32-29(37)38-30(4,5)6)26(25-21(2)15-14-16-22(25)3)27(35)31-23-17-11-10-12-18-23/h14-16,23-24,26,34H,7-13,17-20H2,1-6H3,(H,31,35)(H,32,37). The summed E-state index contributed by atoms with van der Waals surface area (Å²) in [4.78, 5) is 42.0. The average Bonchev–Trinajstić information content (AvgIpc) is 2.84. The van der Waals surface area contributed by atoms with Crippen molar-refractivity contribution in [2.45, 2.75) is 123 Å². The molecule has 1 aromatic carbocycles. The molecule has 0 spiro atoms.